The molecule has 10 heteroatoms. The van der Waals surface area contributed by atoms with Gasteiger partial charge in [0.1, 0.15) is 6.04 Å². The van der Waals surface area contributed by atoms with Crippen LogP contribution in [0.4, 0.5) is 21.9 Å². The number of amides is 3. The van der Waals surface area contributed by atoms with Crippen LogP contribution in [-0.2, 0) is 17.8 Å². The Kier molecular flexibility index (Phi) is 7.99. The molecule has 3 aromatic rings. The second kappa shape index (κ2) is 11.7. The number of anilines is 3. The van der Waals surface area contributed by atoms with Gasteiger partial charge in [-0.2, -0.15) is 0 Å². The van der Waals surface area contributed by atoms with Crippen LogP contribution in [0.3, 0.4) is 0 Å². The molecule has 1 aliphatic rings. The molecule has 3 aromatic carbocycles. The molecule has 10 nitrogen and oxygen atoms in total. The predicted molar refractivity (Wildman–Crippen MR) is 143 cm³/mol. The molecule has 0 bridgehead atoms. The highest BCUT2D eigenvalue weighted by Crippen LogP contribution is 2.29. The third kappa shape index (κ3) is 6.63. The molecule has 0 fully saturated rings. The molecule has 3 amide bonds. The number of carbonyl (C=O) groups is 2. The number of benzene rings is 3. The fraction of sp³-hybridized carbons (Fsp3) is 0.185. The highest BCUT2D eigenvalue weighted by Gasteiger charge is 2.31. The van der Waals surface area contributed by atoms with E-state index in [-0.39, 0.29) is 18.3 Å². The molecular formula is C27H28N6O4. The Morgan fingerprint density at radius 3 is 2.51 bits per heavy atom. The molecule has 1 unspecified atom stereocenters. The van der Waals surface area contributed by atoms with Gasteiger partial charge in [-0.3, -0.25) is 14.9 Å². The Balaban J connectivity index is 1.55. The third-order valence-corrected chi connectivity index (χ3v) is 5.94. The minimum Gasteiger partial charge on any atom is -0.370 e. The Hall–Kier alpha value is -4.86. The standard InChI is InChI=1S/C27H28N6O4/c1-28-25(18-33(36)37)29-22-12-7-8-19(16-22)17-32-24-13-6-5-9-20(24)14-15-23(26(32)34)31-27(35)30-21-10-3-2-4-11-21/h2-13,16,18,23,28-29H,14-15,17H2,1H3,(H2,30,31,35). The van der Waals surface area contributed by atoms with E-state index in [1.807, 2.05) is 60.7 Å². The summed E-state index contributed by atoms with van der Waals surface area (Å²) in [4.78, 5) is 38.4. The van der Waals surface area contributed by atoms with Crippen LogP contribution in [0.15, 0.2) is 90.9 Å². The summed E-state index contributed by atoms with van der Waals surface area (Å²) in [5.41, 5.74) is 3.90. The van der Waals surface area contributed by atoms with Gasteiger partial charge in [0, 0.05) is 24.1 Å². The van der Waals surface area contributed by atoms with Gasteiger partial charge in [-0.05, 0) is 54.3 Å². The summed E-state index contributed by atoms with van der Waals surface area (Å²) in [5, 5.41) is 22.2. The third-order valence-electron chi connectivity index (χ3n) is 5.94. The summed E-state index contributed by atoms with van der Waals surface area (Å²) in [6.07, 6.45) is 1.94. The van der Waals surface area contributed by atoms with E-state index in [4.69, 9.17) is 0 Å². The zero-order chi connectivity index (χ0) is 26.2. The van der Waals surface area contributed by atoms with Crippen molar-refractivity contribution in [2.45, 2.75) is 25.4 Å². The molecule has 0 saturated carbocycles. The maximum Gasteiger partial charge on any atom is 0.319 e. The number of nitrogens with one attached hydrogen (secondary N) is 4. The van der Waals surface area contributed by atoms with Gasteiger partial charge in [0.25, 0.3) is 6.20 Å². The fourth-order valence-electron chi connectivity index (χ4n) is 4.21. The van der Waals surface area contributed by atoms with E-state index in [0.717, 1.165) is 23.0 Å². The van der Waals surface area contributed by atoms with Crippen molar-refractivity contribution in [1.29, 1.82) is 0 Å². The monoisotopic (exact) mass is 500 g/mol. The first-order chi connectivity index (χ1) is 17.9. The number of carbonyl (C=O) groups excluding carboxylic acids is 2. The van der Waals surface area contributed by atoms with Crippen LogP contribution in [-0.4, -0.2) is 30.0 Å². The second-order valence-corrected chi connectivity index (χ2v) is 8.51. The van der Waals surface area contributed by atoms with Crippen LogP contribution in [0, 0.1) is 10.1 Å². The molecule has 0 saturated heterocycles. The number of nitrogens with zero attached hydrogens (tertiary/aromatic N) is 2. The van der Waals surface area contributed by atoms with Gasteiger partial charge < -0.3 is 26.2 Å². The first-order valence-electron chi connectivity index (χ1n) is 11.8. The van der Waals surface area contributed by atoms with E-state index >= 15 is 0 Å². The van der Waals surface area contributed by atoms with Crippen LogP contribution in [0.5, 0.6) is 0 Å². The van der Waals surface area contributed by atoms with Crippen molar-refractivity contribution in [2.75, 3.05) is 22.6 Å². The van der Waals surface area contributed by atoms with E-state index < -0.39 is 17.0 Å². The van der Waals surface area contributed by atoms with Gasteiger partial charge in [-0.1, -0.05) is 48.5 Å². The smallest absolute Gasteiger partial charge is 0.319 e. The number of fused-ring (bicyclic) bond motifs is 1. The summed E-state index contributed by atoms with van der Waals surface area (Å²) in [6.45, 7) is 0.262. The quantitative estimate of drug-likeness (QED) is 0.273. The molecule has 1 atom stereocenters. The number of aryl methyl sites for hydroxylation is 1. The lowest BCUT2D eigenvalue weighted by Gasteiger charge is -2.26. The van der Waals surface area contributed by atoms with E-state index in [9.17, 15) is 19.7 Å². The lowest BCUT2D eigenvalue weighted by Crippen LogP contribution is -2.49. The summed E-state index contributed by atoms with van der Waals surface area (Å²) in [6, 6.07) is 22.9. The molecule has 0 aromatic heterocycles. The van der Waals surface area contributed by atoms with E-state index in [0.29, 0.717) is 24.2 Å². The van der Waals surface area contributed by atoms with Gasteiger partial charge in [0.2, 0.25) is 5.91 Å². The van der Waals surface area contributed by atoms with E-state index in [2.05, 4.69) is 21.3 Å². The SMILES string of the molecule is CNC(=C[N+](=O)[O-])Nc1cccc(CN2C(=O)C(NC(=O)Nc3ccccc3)CCc3ccccc32)c1. The maximum absolute atomic E-state index is 13.7. The average Bonchev–Trinajstić information content (AvgIpc) is 3.01. The molecule has 1 heterocycles. The molecule has 4 N–H and O–H groups in total. The summed E-state index contributed by atoms with van der Waals surface area (Å²) < 4.78 is 0. The van der Waals surface area contributed by atoms with Gasteiger partial charge in [-0.15, -0.1) is 0 Å². The summed E-state index contributed by atoms with van der Waals surface area (Å²) >= 11 is 0. The fourth-order valence-corrected chi connectivity index (χ4v) is 4.21. The number of rotatable bonds is 8. The zero-order valence-electron chi connectivity index (χ0n) is 20.3. The Morgan fingerprint density at radius 2 is 1.76 bits per heavy atom. The minimum absolute atomic E-state index is 0.212. The van der Waals surface area contributed by atoms with Crippen LogP contribution >= 0.6 is 0 Å². The molecule has 4 rings (SSSR count). The number of hydrogen-bond donors (Lipinski definition) is 4. The highest BCUT2D eigenvalue weighted by atomic mass is 16.6. The maximum atomic E-state index is 13.7. The average molecular weight is 501 g/mol. The van der Waals surface area contributed by atoms with Crippen LogP contribution in [0.1, 0.15) is 17.5 Å². The number of hydrogen-bond acceptors (Lipinski definition) is 6. The van der Waals surface area contributed by atoms with Crippen molar-refractivity contribution < 1.29 is 14.5 Å². The minimum atomic E-state index is -0.712. The first-order valence-corrected chi connectivity index (χ1v) is 11.8. The van der Waals surface area contributed by atoms with Crippen LogP contribution in [0.2, 0.25) is 0 Å². The van der Waals surface area contributed by atoms with Crippen molar-refractivity contribution in [1.82, 2.24) is 10.6 Å². The van der Waals surface area contributed by atoms with Gasteiger partial charge in [0.05, 0.1) is 11.5 Å². The van der Waals surface area contributed by atoms with Crippen molar-refractivity contribution >= 4 is 29.0 Å². The van der Waals surface area contributed by atoms with Crippen LogP contribution in [0.25, 0.3) is 0 Å². The van der Waals surface area contributed by atoms with Gasteiger partial charge in [0.15, 0.2) is 5.82 Å². The number of nitro groups is 1. The van der Waals surface area contributed by atoms with Crippen LogP contribution < -0.4 is 26.2 Å². The van der Waals surface area contributed by atoms with Crippen molar-refractivity contribution in [2.24, 2.45) is 0 Å². The van der Waals surface area contributed by atoms with Crippen molar-refractivity contribution in [3.63, 3.8) is 0 Å². The van der Waals surface area contributed by atoms with Gasteiger partial charge >= 0.3 is 6.03 Å². The Bertz CT molecular complexity index is 1310. The molecular weight excluding hydrogens is 472 g/mol. The topological polar surface area (TPSA) is 129 Å². The molecule has 37 heavy (non-hydrogen) atoms. The molecule has 0 spiro atoms. The predicted octanol–water partition coefficient (Wildman–Crippen LogP) is 4.06. The Labute approximate surface area is 214 Å². The lowest BCUT2D eigenvalue weighted by molar-refractivity contribution is -0.403. The first kappa shape index (κ1) is 25.2. The largest absolute Gasteiger partial charge is 0.370 e. The highest BCUT2D eigenvalue weighted by molar-refractivity contribution is 6.01. The normalized spacial score (nSPS) is 15.3. The Morgan fingerprint density at radius 1 is 1.03 bits per heavy atom. The molecule has 0 radical (unpaired) electrons. The van der Waals surface area contributed by atoms with Crippen molar-refractivity contribution in [3.8, 4) is 0 Å². The summed E-state index contributed by atoms with van der Waals surface area (Å²) in [5.74, 6) is 0.0164. The molecule has 190 valence electrons. The summed E-state index contributed by atoms with van der Waals surface area (Å²) in [7, 11) is 1.58. The van der Waals surface area contributed by atoms with E-state index in [1.54, 1.807) is 30.1 Å². The zero-order valence-corrected chi connectivity index (χ0v) is 20.3. The molecule has 1 aliphatic heterocycles. The number of para-hydroxylation sites is 2. The number of urea groups is 1. The lowest BCUT2D eigenvalue weighted by atomic mass is 10.1. The van der Waals surface area contributed by atoms with Crippen molar-refractivity contribution in [3.05, 3.63) is 112 Å². The van der Waals surface area contributed by atoms with Gasteiger partial charge in [-0.25, -0.2) is 4.79 Å². The van der Waals surface area contributed by atoms with E-state index in [1.165, 1.54) is 0 Å². The second-order valence-electron chi connectivity index (χ2n) is 8.51. The molecule has 0 aliphatic carbocycles.